The number of hydrogen-bond donors (Lipinski definition) is 1. The van der Waals surface area contributed by atoms with Crippen LogP contribution in [0.2, 0.25) is 0 Å². The predicted octanol–water partition coefficient (Wildman–Crippen LogP) is 4.47. The zero-order valence-electron chi connectivity index (χ0n) is 15.4. The van der Waals surface area contributed by atoms with Gasteiger partial charge >= 0.3 is 5.69 Å². The fourth-order valence-corrected chi connectivity index (χ4v) is 3.31. The molecule has 0 fully saturated rings. The van der Waals surface area contributed by atoms with E-state index in [-0.39, 0.29) is 24.2 Å². The molecule has 0 bridgehead atoms. The average molecular weight is 495 g/mol. The third-order valence-electron chi connectivity index (χ3n) is 4.32. The van der Waals surface area contributed by atoms with Gasteiger partial charge in [0.15, 0.2) is 0 Å². The molecule has 0 aliphatic rings. The number of para-hydroxylation sites is 2. The summed E-state index contributed by atoms with van der Waals surface area (Å²) < 4.78 is 8.16. The molecule has 0 atom stereocenters. The van der Waals surface area contributed by atoms with Crippen molar-refractivity contribution < 1.29 is 23.3 Å². The van der Waals surface area contributed by atoms with Crippen molar-refractivity contribution in [2.75, 3.05) is 0 Å². The van der Waals surface area contributed by atoms with Crippen molar-refractivity contribution in [3.05, 3.63) is 92.3 Å². The number of benzene rings is 3. The summed E-state index contributed by atoms with van der Waals surface area (Å²) in [4.78, 5) is 15.1. The summed E-state index contributed by atoms with van der Waals surface area (Å²) in [7, 11) is 0. The molecule has 0 aliphatic heterocycles. The minimum Gasteiger partial charge on any atom is -0.482 e. The van der Waals surface area contributed by atoms with Crippen LogP contribution in [0.3, 0.4) is 0 Å². The average Bonchev–Trinajstić information content (AvgIpc) is 3.05. The number of halogens is 1. The maximum atomic E-state index is 12.3. The van der Waals surface area contributed by atoms with Crippen LogP contribution in [-0.2, 0) is 25.1 Å². The third-order valence-corrected chi connectivity index (χ3v) is 4.94. The van der Waals surface area contributed by atoms with Gasteiger partial charge in [-0.25, -0.2) is 4.79 Å². The SMILES string of the molecule is N#Cc1cc(C#N)cc(Oc2[c-]c(Cn3c(=O)[nH]c4ccccc43)ccc2Br)c1.[V]. The van der Waals surface area contributed by atoms with E-state index in [0.717, 1.165) is 16.6 Å². The third kappa shape index (κ3) is 4.34. The fraction of sp³-hybridized carbons (Fsp3) is 0.0455. The molecule has 6 nitrogen and oxygen atoms in total. The summed E-state index contributed by atoms with van der Waals surface area (Å²) in [6.45, 7) is 0.314. The molecular formula is C22H12BrN4O2V-. The van der Waals surface area contributed by atoms with E-state index < -0.39 is 0 Å². The quantitative estimate of drug-likeness (QED) is 0.423. The summed E-state index contributed by atoms with van der Waals surface area (Å²) in [5.41, 5.74) is 2.77. The zero-order valence-corrected chi connectivity index (χ0v) is 18.4. The molecule has 1 radical (unpaired) electrons. The molecule has 30 heavy (non-hydrogen) atoms. The van der Waals surface area contributed by atoms with Crippen molar-refractivity contribution in [1.29, 1.82) is 10.5 Å². The molecule has 3 aromatic carbocycles. The van der Waals surface area contributed by atoms with Crippen LogP contribution in [0.5, 0.6) is 11.5 Å². The van der Waals surface area contributed by atoms with Crippen LogP contribution in [0.15, 0.2) is 63.9 Å². The molecule has 1 N–H and O–H groups in total. The van der Waals surface area contributed by atoms with Crippen LogP contribution in [0.25, 0.3) is 11.0 Å². The van der Waals surface area contributed by atoms with E-state index in [1.807, 2.05) is 42.5 Å². The van der Waals surface area contributed by atoms with E-state index in [1.165, 1.54) is 6.07 Å². The van der Waals surface area contributed by atoms with Gasteiger partial charge in [0.25, 0.3) is 0 Å². The second-order valence-electron chi connectivity index (χ2n) is 6.27. The number of rotatable bonds is 4. The van der Waals surface area contributed by atoms with Gasteiger partial charge < -0.3 is 9.72 Å². The first-order chi connectivity index (χ1) is 14.1. The summed E-state index contributed by atoms with van der Waals surface area (Å²) in [5, 5.41) is 18.3. The number of H-pyrrole nitrogens is 1. The molecule has 1 heterocycles. The molecule has 1 aromatic heterocycles. The number of aromatic nitrogens is 2. The number of nitrogens with zero attached hydrogens (tertiary/aromatic N) is 3. The predicted molar refractivity (Wildman–Crippen MR) is 111 cm³/mol. The van der Waals surface area contributed by atoms with Crippen LogP contribution in [0.4, 0.5) is 0 Å². The maximum Gasteiger partial charge on any atom is 0.326 e. The zero-order chi connectivity index (χ0) is 20.4. The number of fused-ring (bicyclic) bond motifs is 1. The van der Waals surface area contributed by atoms with E-state index >= 15 is 0 Å². The Labute approximate surface area is 192 Å². The molecule has 145 valence electrons. The molecule has 4 aromatic rings. The van der Waals surface area contributed by atoms with Crippen molar-refractivity contribution in [1.82, 2.24) is 9.55 Å². The monoisotopic (exact) mass is 494 g/mol. The second kappa shape index (κ2) is 9.07. The van der Waals surface area contributed by atoms with Gasteiger partial charge in [-0.05, 0) is 30.3 Å². The first-order valence-electron chi connectivity index (χ1n) is 8.59. The van der Waals surface area contributed by atoms with Gasteiger partial charge in [-0.3, -0.25) is 4.57 Å². The number of aromatic amines is 1. The Morgan fingerprint density at radius 2 is 1.77 bits per heavy atom. The van der Waals surface area contributed by atoms with Gasteiger partial charge in [-0.15, -0.1) is 27.6 Å². The standard InChI is InChI=1S/C22H12BrN4O2.V/c23-18-6-5-14(13-27-20-4-2-1-3-19(20)26-22(27)28)10-21(18)29-17-8-15(11-24)7-16(9-17)12-25;/h1-9H,13H2,(H,26,28);/q-1;. The first kappa shape index (κ1) is 21.5. The molecule has 0 unspecified atom stereocenters. The smallest absolute Gasteiger partial charge is 0.326 e. The minimum absolute atomic E-state index is 0. The van der Waals surface area contributed by atoms with E-state index in [1.54, 1.807) is 22.8 Å². The molecular weight excluding hydrogens is 483 g/mol. The maximum absolute atomic E-state index is 12.3. The summed E-state index contributed by atoms with van der Waals surface area (Å²) >= 11 is 3.43. The number of nitrogens with one attached hydrogen (secondary N) is 1. The molecule has 0 saturated heterocycles. The largest absolute Gasteiger partial charge is 0.482 e. The number of imidazole rings is 1. The molecule has 8 heteroatoms. The Kier molecular flexibility index (Phi) is 6.49. The van der Waals surface area contributed by atoms with Crippen molar-refractivity contribution in [3.8, 4) is 23.6 Å². The van der Waals surface area contributed by atoms with E-state index in [4.69, 9.17) is 15.3 Å². The van der Waals surface area contributed by atoms with E-state index in [0.29, 0.717) is 33.6 Å². The van der Waals surface area contributed by atoms with Crippen molar-refractivity contribution in [3.63, 3.8) is 0 Å². The fourth-order valence-electron chi connectivity index (χ4n) is 3.00. The summed E-state index contributed by atoms with van der Waals surface area (Å²) in [5.74, 6) is 0.758. The Bertz CT molecular complexity index is 1350. The van der Waals surface area contributed by atoms with Crippen LogP contribution in [0.1, 0.15) is 16.7 Å². The molecule has 0 amide bonds. The number of hydrogen-bond acceptors (Lipinski definition) is 4. The normalized spacial score (nSPS) is 10.1. The Hall–Kier alpha value is -3.23. The van der Waals surface area contributed by atoms with Crippen molar-refractivity contribution in [2.24, 2.45) is 0 Å². The van der Waals surface area contributed by atoms with Crippen LogP contribution >= 0.6 is 15.9 Å². The van der Waals surface area contributed by atoms with Gasteiger partial charge in [0, 0.05) is 30.8 Å². The number of nitriles is 2. The Balaban J connectivity index is 0.00000256. The van der Waals surface area contributed by atoms with E-state index in [9.17, 15) is 4.79 Å². The van der Waals surface area contributed by atoms with Crippen molar-refractivity contribution in [2.45, 2.75) is 6.54 Å². The van der Waals surface area contributed by atoms with Gasteiger partial charge in [0.2, 0.25) is 0 Å². The minimum atomic E-state index is -0.203. The molecule has 0 saturated carbocycles. The number of ether oxygens (including phenoxy) is 1. The van der Waals surface area contributed by atoms with Gasteiger partial charge in [0.1, 0.15) is 5.75 Å². The van der Waals surface area contributed by atoms with Crippen LogP contribution in [-0.4, -0.2) is 9.55 Å². The Morgan fingerprint density at radius 1 is 1.07 bits per heavy atom. The van der Waals surface area contributed by atoms with Gasteiger partial charge in [-0.2, -0.15) is 22.7 Å². The molecule has 0 aliphatic carbocycles. The molecule has 0 spiro atoms. The summed E-state index contributed by atoms with van der Waals surface area (Å²) in [6.07, 6.45) is 0. The topological polar surface area (TPSA) is 94.6 Å². The van der Waals surface area contributed by atoms with Crippen LogP contribution < -0.4 is 10.4 Å². The van der Waals surface area contributed by atoms with E-state index in [2.05, 4.69) is 27.0 Å². The molecule has 4 rings (SSSR count). The van der Waals surface area contributed by atoms with Crippen molar-refractivity contribution >= 4 is 27.0 Å². The second-order valence-corrected chi connectivity index (χ2v) is 7.12. The summed E-state index contributed by atoms with van der Waals surface area (Å²) in [6, 6.07) is 22.9. The first-order valence-corrected chi connectivity index (χ1v) is 9.38. The Morgan fingerprint density at radius 3 is 2.47 bits per heavy atom. The van der Waals surface area contributed by atoms with Crippen LogP contribution in [0, 0.1) is 28.7 Å². The van der Waals surface area contributed by atoms with Gasteiger partial charge in [0.05, 0.1) is 34.3 Å². The van der Waals surface area contributed by atoms with Gasteiger partial charge in [-0.1, -0.05) is 16.6 Å².